The molecular weight excluding hydrogens is 328 g/mol. The average molecular weight is 347 g/mol. The van der Waals surface area contributed by atoms with Gasteiger partial charge in [0.25, 0.3) is 0 Å². The van der Waals surface area contributed by atoms with Gasteiger partial charge in [0.15, 0.2) is 0 Å². The predicted octanol–water partition coefficient (Wildman–Crippen LogP) is 1.59. The zero-order valence-electron chi connectivity index (χ0n) is 12.6. The third kappa shape index (κ3) is 3.37. The largest absolute Gasteiger partial charge is 0.497 e. The van der Waals surface area contributed by atoms with E-state index in [4.69, 9.17) is 16.3 Å². The molecule has 0 saturated carbocycles. The van der Waals surface area contributed by atoms with E-state index in [0.717, 1.165) is 0 Å². The van der Waals surface area contributed by atoms with Crippen molar-refractivity contribution in [2.45, 2.75) is 18.2 Å². The van der Waals surface area contributed by atoms with Gasteiger partial charge in [0, 0.05) is 38.7 Å². The Balaban J connectivity index is 2.17. The van der Waals surface area contributed by atoms with Crippen molar-refractivity contribution in [3.05, 3.63) is 23.2 Å². The summed E-state index contributed by atoms with van der Waals surface area (Å²) in [6.45, 7) is 3.15. The Labute approximate surface area is 135 Å². The van der Waals surface area contributed by atoms with Crippen LogP contribution in [0.4, 0.5) is 0 Å². The van der Waals surface area contributed by atoms with Gasteiger partial charge in [-0.1, -0.05) is 18.5 Å². The number of carbonyl (C=O) groups is 1. The molecule has 6 nitrogen and oxygen atoms in total. The van der Waals surface area contributed by atoms with Crippen LogP contribution in [0.15, 0.2) is 23.1 Å². The number of ether oxygens (including phenoxy) is 1. The van der Waals surface area contributed by atoms with Crippen LogP contribution in [0.2, 0.25) is 5.02 Å². The molecule has 0 aliphatic carbocycles. The second kappa shape index (κ2) is 6.85. The highest BCUT2D eigenvalue weighted by Gasteiger charge is 2.31. The van der Waals surface area contributed by atoms with Crippen LogP contribution in [0.25, 0.3) is 0 Å². The zero-order valence-corrected chi connectivity index (χ0v) is 14.2. The minimum absolute atomic E-state index is 0.0412. The third-order valence-electron chi connectivity index (χ3n) is 3.65. The lowest BCUT2D eigenvalue weighted by molar-refractivity contribution is -0.132. The van der Waals surface area contributed by atoms with Gasteiger partial charge in [-0.25, -0.2) is 8.42 Å². The SMILES string of the molecule is CCC(=O)N1CCN(S(=O)(=O)c2ccc(OC)cc2Cl)CC1. The number of nitrogens with zero attached hydrogens (tertiary/aromatic N) is 2. The first-order chi connectivity index (χ1) is 10.4. The molecule has 1 aromatic carbocycles. The van der Waals surface area contributed by atoms with Crippen LogP contribution in [0.5, 0.6) is 5.75 Å². The van der Waals surface area contributed by atoms with E-state index in [-0.39, 0.29) is 28.9 Å². The first kappa shape index (κ1) is 17.1. The van der Waals surface area contributed by atoms with Crippen LogP contribution in [-0.4, -0.2) is 56.8 Å². The fourth-order valence-electron chi connectivity index (χ4n) is 2.36. The molecule has 0 spiro atoms. The minimum atomic E-state index is -3.67. The topological polar surface area (TPSA) is 66.9 Å². The molecule has 0 atom stereocenters. The molecule has 0 radical (unpaired) electrons. The van der Waals surface area contributed by atoms with Gasteiger partial charge in [0.1, 0.15) is 10.6 Å². The summed E-state index contributed by atoms with van der Waals surface area (Å²) < 4.78 is 31.7. The number of sulfonamides is 1. The molecule has 0 bridgehead atoms. The van der Waals surface area contributed by atoms with E-state index in [1.54, 1.807) is 17.9 Å². The molecule has 1 saturated heterocycles. The monoisotopic (exact) mass is 346 g/mol. The molecule has 0 unspecified atom stereocenters. The van der Waals surface area contributed by atoms with Crippen molar-refractivity contribution in [1.29, 1.82) is 0 Å². The second-order valence-electron chi connectivity index (χ2n) is 4.93. The molecule has 8 heteroatoms. The van der Waals surface area contributed by atoms with Crippen LogP contribution >= 0.6 is 11.6 Å². The van der Waals surface area contributed by atoms with Crippen LogP contribution in [-0.2, 0) is 14.8 Å². The Bertz CT molecular complexity index is 655. The van der Waals surface area contributed by atoms with E-state index in [2.05, 4.69) is 0 Å². The van der Waals surface area contributed by atoms with Gasteiger partial charge in [-0.3, -0.25) is 4.79 Å². The van der Waals surface area contributed by atoms with E-state index >= 15 is 0 Å². The number of piperazine rings is 1. The van der Waals surface area contributed by atoms with Crippen molar-refractivity contribution in [3.63, 3.8) is 0 Å². The van der Waals surface area contributed by atoms with E-state index in [1.807, 2.05) is 0 Å². The summed E-state index contributed by atoms with van der Waals surface area (Å²) in [7, 11) is -2.18. The summed E-state index contributed by atoms with van der Waals surface area (Å²) in [4.78, 5) is 13.4. The van der Waals surface area contributed by atoms with Gasteiger partial charge in [-0.15, -0.1) is 0 Å². The Hall–Kier alpha value is -1.31. The van der Waals surface area contributed by atoms with Gasteiger partial charge in [-0.2, -0.15) is 4.31 Å². The Morgan fingerprint density at radius 1 is 1.27 bits per heavy atom. The highest BCUT2D eigenvalue weighted by atomic mass is 35.5. The van der Waals surface area contributed by atoms with Crippen molar-refractivity contribution in [3.8, 4) is 5.75 Å². The van der Waals surface area contributed by atoms with Crippen molar-refractivity contribution >= 4 is 27.5 Å². The maximum Gasteiger partial charge on any atom is 0.244 e. The van der Waals surface area contributed by atoms with Gasteiger partial charge in [0.2, 0.25) is 15.9 Å². The van der Waals surface area contributed by atoms with Gasteiger partial charge < -0.3 is 9.64 Å². The lowest BCUT2D eigenvalue weighted by Crippen LogP contribution is -2.50. The molecule has 1 aliphatic heterocycles. The minimum Gasteiger partial charge on any atom is -0.497 e. The van der Waals surface area contributed by atoms with Crippen molar-refractivity contribution in [2.24, 2.45) is 0 Å². The normalized spacial score (nSPS) is 16.6. The molecule has 1 heterocycles. The predicted molar refractivity (Wildman–Crippen MR) is 83.6 cm³/mol. The average Bonchev–Trinajstić information content (AvgIpc) is 2.53. The second-order valence-corrected chi connectivity index (χ2v) is 7.25. The third-order valence-corrected chi connectivity index (χ3v) is 6.03. The number of methoxy groups -OCH3 is 1. The number of carbonyl (C=O) groups excluding carboxylic acids is 1. The Morgan fingerprint density at radius 3 is 2.41 bits per heavy atom. The molecule has 0 N–H and O–H groups in total. The van der Waals surface area contributed by atoms with Crippen LogP contribution < -0.4 is 4.74 Å². The fraction of sp³-hybridized carbons (Fsp3) is 0.500. The number of hydrogen-bond donors (Lipinski definition) is 0. The highest BCUT2D eigenvalue weighted by molar-refractivity contribution is 7.89. The number of benzene rings is 1. The van der Waals surface area contributed by atoms with Crippen LogP contribution in [0.1, 0.15) is 13.3 Å². The zero-order chi connectivity index (χ0) is 16.3. The highest BCUT2D eigenvalue weighted by Crippen LogP contribution is 2.29. The molecule has 22 heavy (non-hydrogen) atoms. The number of rotatable bonds is 4. The molecule has 2 rings (SSSR count). The summed E-state index contributed by atoms with van der Waals surface area (Å²) in [6, 6.07) is 4.49. The standard InChI is InChI=1S/C14H19ClN2O4S/c1-3-14(18)16-6-8-17(9-7-16)22(19,20)13-5-4-11(21-2)10-12(13)15/h4-5,10H,3,6-9H2,1-2H3. The van der Waals surface area contributed by atoms with Crippen LogP contribution in [0, 0.1) is 0 Å². The molecule has 1 aromatic rings. The lowest BCUT2D eigenvalue weighted by atomic mass is 10.3. The summed E-state index contributed by atoms with van der Waals surface area (Å²) in [5.74, 6) is 0.543. The van der Waals surface area contributed by atoms with E-state index in [0.29, 0.717) is 25.3 Å². The molecule has 1 aliphatic rings. The maximum atomic E-state index is 12.7. The molecule has 1 amide bonds. The fourth-order valence-corrected chi connectivity index (χ4v) is 4.29. The van der Waals surface area contributed by atoms with E-state index < -0.39 is 10.0 Å². The summed E-state index contributed by atoms with van der Waals surface area (Å²) >= 11 is 6.06. The number of hydrogen-bond acceptors (Lipinski definition) is 4. The smallest absolute Gasteiger partial charge is 0.244 e. The Kier molecular flexibility index (Phi) is 5.31. The lowest BCUT2D eigenvalue weighted by Gasteiger charge is -2.34. The van der Waals surface area contributed by atoms with Crippen molar-refractivity contribution < 1.29 is 17.9 Å². The summed E-state index contributed by atoms with van der Waals surface area (Å²) in [6.07, 6.45) is 0.428. The van der Waals surface area contributed by atoms with Crippen molar-refractivity contribution in [1.82, 2.24) is 9.21 Å². The molecule has 122 valence electrons. The molecule has 1 fully saturated rings. The maximum absolute atomic E-state index is 12.7. The summed E-state index contributed by atoms with van der Waals surface area (Å²) in [5.41, 5.74) is 0. The molecule has 0 aromatic heterocycles. The Morgan fingerprint density at radius 2 is 1.91 bits per heavy atom. The van der Waals surface area contributed by atoms with E-state index in [1.165, 1.54) is 23.5 Å². The first-order valence-corrected chi connectivity index (χ1v) is 8.83. The number of amides is 1. The summed E-state index contributed by atoms with van der Waals surface area (Å²) in [5, 5.41) is 0.131. The molecular formula is C14H19ClN2O4S. The van der Waals surface area contributed by atoms with Gasteiger partial charge in [0.05, 0.1) is 12.1 Å². The van der Waals surface area contributed by atoms with Crippen molar-refractivity contribution in [2.75, 3.05) is 33.3 Å². The first-order valence-electron chi connectivity index (χ1n) is 7.01. The quantitative estimate of drug-likeness (QED) is 0.830. The van der Waals surface area contributed by atoms with Gasteiger partial charge >= 0.3 is 0 Å². The number of halogens is 1. The van der Waals surface area contributed by atoms with Gasteiger partial charge in [-0.05, 0) is 12.1 Å². The van der Waals surface area contributed by atoms with E-state index in [9.17, 15) is 13.2 Å². The van der Waals surface area contributed by atoms with Crippen LogP contribution in [0.3, 0.4) is 0 Å².